The predicted molar refractivity (Wildman–Crippen MR) is 117 cm³/mol. The van der Waals surface area contributed by atoms with Crippen LogP contribution in [0.15, 0.2) is 29.3 Å². The molecule has 1 aromatic rings. The van der Waals surface area contributed by atoms with Crippen LogP contribution in [0.3, 0.4) is 0 Å². The van der Waals surface area contributed by atoms with Gasteiger partial charge in [-0.2, -0.15) is 0 Å². The number of alkyl carbamates (subject to hydrolysis) is 1. The van der Waals surface area contributed by atoms with Crippen LogP contribution in [0.2, 0.25) is 0 Å². The minimum Gasteiger partial charge on any atom is -0.444 e. The number of hydrogen-bond acceptors (Lipinski definition) is 4. The Bertz CT molecular complexity index is 679. The summed E-state index contributed by atoms with van der Waals surface area (Å²) < 4.78 is 5.19. The molecule has 0 bridgehead atoms. The first kappa shape index (κ1) is 24.3. The van der Waals surface area contributed by atoms with E-state index in [1.807, 2.05) is 65.8 Å². The van der Waals surface area contributed by atoms with E-state index in [-0.39, 0.29) is 11.8 Å². The molecule has 0 aliphatic carbocycles. The molecule has 0 radical (unpaired) electrons. The summed E-state index contributed by atoms with van der Waals surface area (Å²) in [6.45, 7) is 13.3. The van der Waals surface area contributed by atoms with Gasteiger partial charge in [-0.1, -0.05) is 26.0 Å². The maximum Gasteiger partial charge on any atom is 0.407 e. The van der Waals surface area contributed by atoms with Gasteiger partial charge in [-0.15, -0.1) is 0 Å². The van der Waals surface area contributed by atoms with Crippen molar-refractivity contribution < 1.29 is 14.3 Å². The van der Waals surface area contributed by atoms with Crippen molar-refractivity contribution in [3.8, 4) is 0 Å². The van der Waals surface area contributed by atoms with Gasteiger partial charge in [0.25, 0.3) is 0 Å². The lowest BCUT2D eigenvalue weighted by Gasteiger charge is -2.19. The van der Waals surface area contributed by atoms with Crippen molar-refractivity contribution in [2.24, 2.45) is 10.9 Å². The normalized spacial score (nSPS) is 11.8. The Morgan fingerprint density at radius 2 is 1.66 bits per heavy atom. The van der Waals surface area contributed by atoms with Crippen LogP contribution < -0.4 is 21.3 Å². The molecular weight excluding hydrogens is 370 g/mol. The highest BCUT2D eigenvalue weighted by atomic mass is 16.6. The monoisotopic (exact) mass is 405 g/mol. The maximum atomic E-state index is 11.7. The van der Waals surface area contributed by atoms with Gasteiger partial charge in [-0.25, -0.2) is 9.79 Å². The third-order valence-corrected chi connectivity index (χ3v) is 3.60. The number of carbonyl (C=O) groups excluding carboxylic acids is 2. The van der Waals surface area contributed by atoms with Crippen LogP contribution in [-0.2, 0) is 16.1 Å². The number of ether oxygens (including phenoxy) is 1. The number of carbonyl (C=O) groups is 2. The summed E-state index contributed by atoms with van der Waals surface area (Å²) in [5, 5.41) is 11.9. The zero-order valence-corrected chi connectivity index (χ0v) is 18.4. The molecule has 1 aromatic carbocycles. The molecule has 8 nitrogen and oxygen atoms in total. The molecule has 0 heterocycles. The molecule has 0 aromatic heterocycles. The molecule has 2 amide bonds. The van der Waals surface area contributed by atoms with E-state index in [1.54, 1.807) is 0 Å². The fourth-order valence-electron chi connectivity index (χ4n) is 2.15. The molecule has 0 unspecified atom stereocenters. The molecule has 0 atom stereocenters. The number of benzene rings is 1. The van der Waals surface area contributed by atoms with Crippen LogP contribution in [0.5, 0.6) is 0 Å². The van der Waals surface area contributed by atoms with Crippen LogP contribution in [0.25, 0.3) is 0 Å². The van der Waals surface area contributed by atoms with Gasteiger partial charge in [0.15, 0.2) is 5.96 Å². The number of amides is 2. The molecule has 1 rings (SSSR count). The summed E-state index contributed by atoms with van der Waals surface area (Å²) in [6, 6.07) is 7.62. The summed E-state index contributed by atoms with van der Waals surface area (Å²) in [6.07, 6.45) is -0.439. The average molecular weight is 406 g/mol. The zero-order valence-electron chi connectivity index (χ0n) is 18.4. The Kier molecular flexibility index (Phi) is 9.99. The minimum absolute atomic E-state index is 0.00519. The van der Waals surface area contributed by atoms with E-state index in [1.165, 1.54) is 0 Å². The van der Waals surface area contributed by atoms with Crippen LogP contribution in [-0.4, -0.2) is 43.2 Å². The fourth-order valence-corrected chi connectivity index (χ4v) is 2.15. The van der Waals surface area contributed by atoms with Crippen molar-refractivity contribution in [1.82, 2.24) is 16.0 Å². The second-order valence-corrected chi connectivity index (χ2v) is 7.89. The molecule has 0 saturated carbocycles. The molecular formula is C21H35N5O3. The van der Waals surface area contributed by atoms with Gasteiger partial charge in [0.2, 0.25) is 5.91 Å². The van der Waals surface area contributed by atoms with E-state index in [9.17, 15) is 9.59 Å². The molecule has 0 saturated heterocycles. The molecule has 0 aliphatic rings. The molecule has 162 valence electrons. The van der Waals surface area contributed by atoms with Crippen molar-refractivity contribution in [2.75, 3.05) is 25.0 Å². The van der Waals surface area contributed by atoms with E-state index in [0.29, 0.717) is 25.6 Å². The van der Waals surface area contributed by atoms with Crippen LogP contribution in [0, 0.1) is 5.92 Å². The molecule has 0 spiro atoms. The van der Waals surface area contributed by atoms with Crippen molar-refractivity contribution in [3.63, 3.8) is 0 Å². The maximum absolute atomic E-state index is 11.7. The number of rotatable bonds is 8. The lowest BCUT2D eigenvalue weighted by Crippen LogP contribution is -2.42. The van der Waals surface area contributed by atoms with Crippen molar-refractivity contribution in [2.45, 2.75) is 53.7 Å². The van der Waals surface area contributed by atoms with Gasteiger partial charge in [0, 0.05) is 31.2 Å². The van der Waals surface area contributed by atoms with E-state index in [2.05, 4.69) is 26.3 Å². The fraction of sp³-hybridized carbons (Fsp3) is 0.571. The molecule has 29 heavy (non-hydrogen) atoms. The van der Waals surface area contributed by atoms with Gasteiger partial charge in [-0.3, -0.25) is 4.79 Å². The number of nitrogens with zero attached hydrogens (tertiary/aromatic N) is 1. The number of nitrogens with one attached hydrogen (secondary N) is 4. The van der Waals surface area contributed by atoms with Gasteiger partial charge < -0.3 is 26.0 Å². The SMILES string of the molecule is CCNC(=NCc1ccc(NC(=O)C(C)C)cc1)NCCNC(=O)OC(C)(C)C. The number of anilines is 1. The minimum atomic E-state index is -0.513. The molecule has 0 fully saturated rings. The second-order valence-electron chi connectivity index (χ2n) is 7.89. The van der Waals surface area contributed by atoms with Gasteiger partial charge in [-0.05, 0) is 45.4 Å². The first-order valence-electron chi connectivity index (χ1n) is 9.99. The smallest absolute Gasteiger partial charge is 0.407 e. The molecule has 4 N–H and O–H groups in total. The summed E-state index contributed by atoms with van der Waals surface area (Å²) in [7, 11) is 0. The number of guanidine groups is 1. The highest BCUT2D eigenvalue weighted by Gasteiger charge is 2.15. The van der Waals surface area contributed by atoms with E-state index in [0.717, 1.165) is 17.8 Å². The average Bonchev–Trinajstić information content (AvgIpc) is 2.62. The van der Waals surface area contributed by atoms with Crippen LogP contribution >= 0.6 is 0 Å². The van der Waals surface area contributed by atoms with Crippen LogP contribution in [0.1, 0.15) is 47.1 Å². The van der Waals surface area contributed by atoms with Gasteiger partial charge in [0.05, 0.1) is 6.54 Å². The standard InChI is InChI=1S/C21H35N5O3/c1-7-22-19(23-12-13-24-20(28)29-21(4,5)6)25-14-16-8-10-17(11-9-16)26-18(27)15(2)3/h8-11,15H,7,12-14H2,1-6H3,(H,24,28)(H,26,27)(H2,22,23,25). The highest BCUT2D eigenvalue weighted by Crippen LogP contribution is 2.11. The summed E-state index contributed by atoms with van der Waals surface area (Å²) in [4.78, 5) is 27.9. The summed E-state index contributed by atoms with van der Waals surface area (Å²) in [5.41, 5.74) is 1.28. The Labute approximate surface area is 173 Å². The van der Waals surface area contributed by atoms with Crippen molar-refractivity contribution >= 4 is 23.6 Å². The quantitative estimate of drug-likeness (QED) is 0.302. The number of aliphatic imine (C=N–C) groups is 1. The van der Waals surface area contributed by atoms with Crippen molar-refractivity contribution in [1.29, 1.82) is 0 Å². The Morgan fingerprint density at radius 1 is 1.03 bits per heavy atom. The van der Waals surface area contributed by atoms with Crippen molar-refractivity contribution in [3.05, 3.63) is 29.8 Å². The predicted octanol–water partition coefficient (Wildman–Crippen LogP) is 2.86. The zero-order chi connectivity index (χ0) is 21.9. The summed E-state index contributed by atoms with van der Waals surface area (Å²) in [5.74, 6) is 0.600. The lowest BCUT2D eigenvalue weighted by molar-refractivity contribution is -0.118. The lowest BCUT2D eigenvalue weighted by atomic mass is 10.2. The molecule has 8 heteroatoms. The highest BCUT2D eigenvalue weighted by molar-refractivity contribution is 5.92. The third-order valence-electron chi connectivity index (χ3n) is 3.60. The second kappa shape index (κ2) is 11.9. The summed E-state index contributed by atoms with van der Waals surface area (Å²) >= 11 is 0. The third kappa shape index (κ3) is 11.0. The van der Waals surface area contributed by atoms with E-state index >= 15 is 0 Å². The first-order chi connectivity index (χ1) is 13.6. The van der Waals surface area contributed by atoms with E-state index < -0.39 is 11.7 Å². The number of hydrogen-bond donors (Lipinski definition) is 4. The van der Waals surface area contributed by atoms with Crippen LogP contribution in [0.4, 0.5) is 10.5 Å². The topological polar surface area (TPSA) is 104 Å². The first-order valence-corrected chi connectivity index (χ1v) is 9.99. The largest absolute Gasteiger partial charge is 0.444 e. The Hall–Kier alpha value is -2.77. The Balaban J connectivity index is 2.49. The van der Waals surface area contributed by atoms with Gasteiger partial charge >= 0.3 is 6.09 Å². The van der Waals surface area contributed by atoms with Gasteiger partial charge in [0.1, 0.15) is 5.60 Å². The van der Waals surface area contributed by atoms with E-state index in [4.69, 9.17) is 4.74 Å². The Morgan fingerprint density at radius 3 is 2.21 bits per heavy atom. The molecule has 0 aliphatic heterocycles.